The fraction of sp³-hybridized carbons (Fsp3) is 0.455. The van der Waals surface area contributed by atoms with Gasteiger partial charge < -0.3 is 0 Å². The predicted octanol–water partition coefficient (Wildman–Crippen LogP) is 7.37. The third kappa shape index (κ3) is 4.03. The van der Waals surface area contributed by atoms with Crippen molar-refractivity contribution in [3.05, 3.63) is 59.7 Å². The molecule has 1 aliphatic rings. The van der Waals surface area contributed by atoms with Crippen LogP contribution in [0.4, 0.5) is 8.78 Å². The Bertz CT molecular complexity index is 620. The van der Waals surface area contributed by atoms with E-state index in [2.05, 4.69) is 31.2 Å². The van der Waals surface area contributed by atoms with E-state index in [1.54, 1.807) is 12.1 Å². The molecule has 2 heteroatoms. The Labute approximate surface area is 143 Å². The minimum Gasteiger partial charge on any atom is -0.205 e. The maximum Gasteiger partial charge on any atom is 0.263 e. The molecule has 0 N–H and O–H groups in total. The van der Waals surface area contributed by atoms with E-state index in [0.717, 1.165) is 17.0 Å². The zero-order valence-electron chi connectivity index (χ0n) is 14.3. The third-order valence-electron chi connectivity index (χ3n) is 5.42. The maximum absolute atomic E-state index is 12.6. The zero-order chi connectivity index (χ0) is 16.9. The molecule has 1 saturated carbocycles. The Balaban J connectivity index is 1.65. The zero-order valence-corrected chi connectivity index (χ0v) is 14.3. The SMILES string of the molecule is CCCC1CCC(c2ccc(-c3ccc(C(F)F)cc3)cc2)CC1. The number of alkyl halides is 2. The summed E-state index contributed by atoms with van der Waals surface area (Å²) in [7, 11) is 0. The number of benzene rings is 2. The summed E-state index contributed by atoms with van der Waals surface area (Å²) in [4.78, 5) is 0. The van der Waals surface area contributed by atoms with Crippen molar-refractivity contribution in [2.24, 2.45) is 5.92 Å². The first-order valence-corrected chi connectivity index (χ1v) is 9.15. The molecule has 0 bridgehead atoms. The van der Waals surface area contributed by atoms with Crippen LogP contribution in [0.15, 0.2) is 48.5 Å². The predicted molar refractivity (Wildman–Crippen MR) is 96.4 cm³/mol. The molecule has 3 rings (SSSR count). The van der Waals surface area contributed by atoms with Crippen LogP contribution < -0.4 is 0 Å². The van der Waals surface area contributed by atoms with Crippen molar-refractivity contribution in [1.29, 1.82) is 0 Å². The van der Waals surface area contributed by atoms with Crippen molar-refractivity contribution in [3.63, 3.8) is 0 Å². The fourth-order valence-corrected chi connectivity index (χ4v) is 3.96. The van der Waals surface area contributed by atoms with Gasteiger partial charge in [0.1, 0.15) is 0 Å². The van der Waals surface area contributed by atoms with Gasteiger partial charge in [-0.3, -0.25) is 0 Å². The van der Waals surface area contributed by atoms with Crippen LogP contribution in [0.3, 0.4) is 0 Å². The Kier molecular flexibility index (Phi) is 5.65. The summed E-state index contributed by atoms with van der Waals surface area (Å²) < 4.78 is 25.3. The number of halogens is 2. The van der Waals surface area contributed by atoms with Crippen LogP contribution >= 0.6 is 0 Å². The van der Waals surface area contributed by atoms with Gasteiger partial charge in [-0.1, -0.05) is 68.3 Å². The molecule has 0 heterocycles. The van der Waals surface area contributed by atoms with Gasteiger partial charge in [0.15, 0.2) is 0 Å². The highest BCUT2D eigenvalue weighted by molar-refractivity contribution is 5.64. The van der Waals surface area contributed by atoms with Gasteiger partial charge in [0, 0.05) is 5.56 Å². The van der Waals surface area contributed by atoms with E-state index in [1.807, 2.05) is 0 Å². The van der Waals surface area contributed by atoms with Gasteiger partial charge >= 0.3 is 0 Å². The van der Waals surface area contributed by atoms with Gasteiger partial charge in [-0.05, 0) is 54.2 Å². The quantitative estimate of drug-likeness (QED) is 0.537. The maximum atomic E-state index is 12.6. The van der Waals surface area contributed by atoms with Gasteiger partial charge in [-0.25, -0.2) is 8.78 Å². The molecule has 0 atom stereocenters. The van der Waals surface area contributed by atoms with Crippen molar-refractivity contribution in [3.8, 4) is 11.1 Å². The van der Waals surface area contributed by atoms with Gasteiger partial charge in [0.2, 0.25) is 0 Å². The van der Waals surface area contributed by atoms with E-state index in [-0.39, 0.29) is 5.56 Å². The highest BCUT2D eigenvalue weighted by atomic mass is 19.3. The number of hydrogen-bond acceptors (Lipinski definition) is 0. The number of hydrogen-bond donors (Lipinski definition) is 0. The monoisotopic (exact) mass is 328 g/mol. The van der Waals surface area contributed by atoms with Crippen molar-refractivity contribution >= 4 is 0 Å². The summed E-state index contributed by atoms with van der Waals surface area (Å²) in [5.41, 5.74) is 3.61. The molecule has 128 valence electrons. The van der Waals surface area contributed by atoms with Gasteiger partial charge in [0.25, 0.3) is 6.43 Å². The molecule has 1 fully saturated rings. The molecule has 2 aromatic carbocycles. The molecule has 0 aliphatic heterocycles. The topological polar surface area (TPSA) is 0 Å². The molecule has 0 radical (unpaired) electrons. The van der Waals surface area contributed by atoms with E-state index >= 15 is 0 Å². The average Bonchev–Trinajstić information content (AvgIpc) is 2.63. The van der Waals surface area contributed by atoms with Crippen LogP contribution in [0.5, 0.6) is 0 Å². The first-order chi connectivity index (χ1) is 11.7. The second-order valence-electron chi connectivity index (χ2n) is 7.05. The largest absolute Gasteiger partial charge is 0.263 e. The molecule has 0 aromatic heterocycles. The molecular formula is C22H26F2. The van der Waals surface area contributed by atoms with Gasteiger partial charge in [0.05, 0.1) is 0 Å². The molecule has 0 amide bonds. The fourth-order valence-electron chi connectivity index (χ4n) is 3.96. The summed E-state index contributed by atoms with van der Waals surface area (Å²) >= 11 is 0. The molecule has 24 heavy (non-hydrogen) atoms. The van der Waals surface area contributed by atoms with E-state index < -0.39 is 6.43 Å². The highest BCUT2D eigenvalue weighted by Gasteiger charge is 2.21. The van der Waals surface area contributed by atoms with Crippen LogP contribution in [0, 0.1) is 5.92 Å². The molecular weight excluding hydrogens is 302 g/mol. The van der Waals surface area contributed by atoms with Crippen molar-refractivity contribution < 1.29 is 8.78 Å². The van der Waals surface area contributed by atoms with Crippen LogP contribution in [0.2, 0.25) is 0 Å². The second kappa shape index (κ2) is 7.92. The summed E-state index contributed by atoms with van der Waals surface area (Å²) in [5, 5.41) is 0. The normalized spacial score (nSPS) is 21.2. The van der Waals surface area contributed by atoms with E-state index in [4.69, 9.17) is 0 Å². The third-order valence-corrected chi connectivity index (χ3v) is 5.42. The van der Waals surface area contributed by atoms with Crippen molar-refractivity contribution in [2.75, 3.05) is 0 Å². The second-order valence-corrected chi connectivity index (χ2v) is 7.05. The summed E-state index contributed by atoms with van der Waals surface area (Å²) in [6.07, 6.45) is 5.59. The number of rotatable bonds is 5. The van der Waals surface area contributed by atoms with Crippen LogP contribution in [-0.4, -0.2) is 0 Å². The minimum atomic E-state index is -2.40. The van der Waals surface area contributed by atoms with Gasteiger partial charge in [-0.15, -0.1) is 0 Å². The lowest BCUT2D eigenvalue weighted by molar-refractivity contribution is 0.151. The Morgan fingerprint density at radius 2 is 1.38 bits per heavy atom. The van der Waals surface area contributed by atoms with Gasteiger partial charge in [-0.2, -0.15) is 0 Å². The lowest BCUT2D eigenvalue weighted by atomic mass is 9.77. The summed E-state index contributed by atoms with van der Waals surface area (Å²) in [6, 6.07) is 15.3. The Morgan fingerprint density at radius 1 is 0.833 bits per heavy atom. The first-order valence-electron chi connectivity index (χ1n) is 9.15. The highest BCUT2D eigenvalue weighted by Crippen LogP contribution is 2.38. The molecule has 0 spiro atoms. The van der Waals surface area contributed by atoms with Crippen LogP contribution in [-0.2, 0) is 0 Å². The van der Waals surface area contributed by atoms with E-state index in [0.29, 0.717) is 5.92 Å². The summed E-state index contributed by atoms with van der Waals surface area (Å²) in [6.45, 7) is 2.28. The Hall–Kier alpha value is -1.70. The van der Waals surface area contributed by atoms with E-state index in [1.165, 1.54) is 56.2 Å². The standard InChI is InChI=1S/C22H26F2/c1-2-3-16-4-6-17(7-5-16)18-8-10-19(11-9-18)20-12-14-21(15-13-20)22(23)24/h8-17,22H,2-7H2,1H3. The molecule has 0 nitrogen and oxygen atoms in total. The lowest BCUT2D eigenvalue weighted by Gasteiger charge is -2.28. The van der Waals surface area contributed by atoms with Crippen molar-refractivity contribution in [2.45, 2.75) is 57.8 Å². The molecule has 2 aromatic rings. The lowest BCUT2D eigenvalue weighted by Crippen LogP contribution is -2.13. The molecule has 0 saturated heterocycles. The Morgan fingerprint density at radius 3 is 1.88 bits per heavy atom. The van der Waals surface area contributed by atoms with Crippen LogP contribution in [0.25, 0.3) is 11.1 Å². The molecule has 0 unspecified atom stereocenters. The molecule has 1 aliphatic carbocycles. The minimum absolute atomic E-state index is 0.0826. The summed E-state index contributed by atoms with van der Waals surface area (Å²) in [5.74, 6) is 1.62. The smallest absolute Gasteiger partial charge is 0.205 e. The van der Waals surface area contributed by atoms with Crippen molar-refractivity contribution in [1.82, 2.24) is 0 Å². The van der Waals surface area contributed by atoms with E-state index in [9.17, 15) is 8.78 Å². The average molecular weight is 328 g/mol. The first kappa shape index (κ1) is 17.1. The van der Waals surface area contributed by atoms with Crippen LogP contribution in [0.1, 0.15) is 68.9 Å².